The average molecular weight is 310 g/mol. The molecule has 0 aliphatic carbocycles. The molecule has 0 unspecified atom stereocenters. The summed E-state index contributed by atoms with van der Waals surface area (Å²) in [5, 5.41) is 0. The molecule has 0 bridgehead atoms. The molecule has 0 aliphatic heterocycles. The molecule has 76 valence electrons. The van der Waals surface area contributed by atoms with E-state index in [0.29, 0.717) is 3.46 Å². The van der Waals surface area contributed by atoms with Crippen LogP contribution in [0.5, 0.6) is 0 Å². The fraction of sp³-hybridized carbons (Fsp3) is 0.818. The number of hydrogen-bond donors (Lipinski definition) is 0. The number of hydrogen-bond acceptors (Lipinski definition) is 0. The molecular formula is C11H22SiTe. The molecular weight excluding hydrogens is 288 g/mol. The van der Waals surface area contributed by atoms with E-state index < -0.39 is 8.07 Å². The van der Waals surface area contributed by atoms with E-state index >= 15 is 0 Å². The van der Waals surface area contributed by atoms with Gasteiger partial charge >= 0.3 is 95.2 Å². The Hall–Kier alpha value is 0.566. The molecule has 0 atom stereocenters. The van der Waals surface area contributed by atoms with Crippen molar-refractivity contribution < 1.29 is 0 Å². The van der Waals surface area contributed by atoms with Crippen LogP contribution >= 0.6 is 0 Å². The first-order chi connectivity index (χ1) is 5.77. The quantitative estimate of drug-likeness (QED) is 0.552. The van der Waals surface area contributed by atoms with Crippen LogP contribution < -0.4 is 0 Å². The van der Waals surface area contributed by atoms with Crippen LogP contribution in [0.3, 0.4) is 0 Å². The van der Waals surface area contributed by atoms with Gasteiger partial charge in [0.1, 0.15) is 0 Å². The summed E-state index contributed by atoms with van der Waals surface area (Å²) < 4.78 is 0.610. The molecule has 0 saturated heterocycles. The summed E-state index contributed by atoms with van der Waals surface area (Å²) >= 11 is 0.196. The van der Waals surface area contributed by atoms with E-state index in [1.54, 1.807) is 0 Å². The molecule has 0 spiro atoms. The molecule has 0 saturated carbocycles. The summed E-state index contributed by atoms with van der Waals surface area (Å²) in [6, 6.07) is 0. The maximum atomic E-state index is 3.42. The van der Waals surface area contributed by atoms with Crippen molar-refractivity contribution in [3.63, 3.8) is 0 Å². The first kappa shape index (κ1) is 13.6. The molecule has 2 heteroatoms. The van der Waals surface area contributed by atoms with Gasteiger partial charge in [-0.25, -0.2) is 0 Å². The summed E-state index contributed by atoms with van der Waals surface area (Å²) in [7, 11) is -1.11. The predicted octanol–water partition coefficient (Wildman–Crippen LogP) is 3.60. The van der Waals surface area contributed by atoms with Crippen LogP contribution in [0, 0.1) is 11.5 Å². The van der Waals surface area contributed by atoms with Crippen molar-refractivity contribution in [1.82, 2.24) is 0 Å². The van der Waals surface area contributed by atoms with E-state index in [2.05, 4.69) is 49.9 Å². The molecule has 0 nitrogen and oxygen atoms in total. The van der Waals surface area contributed by atoms with Crippen LogP contribution in [0.1, 0.15) is 26.7 Å². The Labute approximate surface area is 95.0 Å². The normalized spacial score (nSPS) is 12.2. The van der Waals surface area contributed by atoms with Gasteiger partial charge in [0, 0.05) is 0 Å². The third-order valence-corrected chi connectivity index (χ3v) is 6.53. The fourth-order valence-electron chi connectivity index (χ4n) is 0.793. The minimum absolute atomic E-state index is 0.196. The van der Waals surface area contributed by atoms with Crippen molar-refractivity contribution in [3.8, 4) is 11.5 Å². The zero-order chi connectivity index (χ0) is 10.5. The van der Waals surface area contributed by atoms with E-state index in [1.165, 1.54) is 6.42 Å². The first-order valence-corrected chi connectivity index (χ1v) is 11.8. The monoisotopic (exact) mass is 312 g/mol. The Morgan fingerprint density at radius 3 is 2.15 bits per heavy atom. The molecule has 13 heavy (non-hydrogen) atoms. The second kappa shape index (κ2) is 5.45. The van der Waals surface area contributed by atoms with Gasteiger partial charge < -0.3 is 0 Å². The molecule has 0 fully saturated rings. The average Bonchev–Trinajstić information content (AvgIpc) is 1.97. The zero-order valence-corrected chi connectivity index (χ0v) is 13.2. The molecule has 0 aliphatic rings. The Morgan fingerprint density at radius 1 is 1.23 bits per heavy atom. The van der Waals surface area contributed by atoms with Crippen LogP contribution in [0.25, 0.3) is 0 Å². The second-order valence-corrected chi connectivity index (χ2v) is 14.1. The van der Waals surface area contributed by atoms with E-state index in [0.717, 1.165) is 6.42 Å². The number of rotatable bonds is 3. The minimum atomic E-state index is -1.11. The van der Waals surface area contributed by atoms with E-state index in [-0.39, 0.29) is 20.9 Å². The van der Waals surface area contributed by atoms with Gasteiger partial charge in [0.05, 0.1) is 0 Å². The Kier molecular flexibility index (Phi) is 5.69. The van der Waals surface area contributed by atoms with Crippen LogP contribution in [0.4, 0.5) is 0 Å². The van der Waals surface area contributed by atoms with Crippen LogP contribution in [-0.4, -0.2) is 29.0 Å². The third-order valence-electron chi connectivity index (χ3n) is 1.87. The molecule has 0 aromatic rings. The van der Waals surface area contributed by atoms with Gasteiger partial charge in [-0.3, -0.25) is 0 Å². The zero-order valence-electron chi connectivity index (χ0n) is 9.82. The van der Waals surface area contributed by atoms with Crippen LogP contribution in [-0.2, 0) is 0 Å². The maximum absolute atomic E-state index is 3.42. The van der Waals surface area contributed by atoms with Gasteiger partial charge in [-0.2, -0.15) is 0 Å². The molecule has 0 amide bonds. The van der Waals surface area contributed by atoms with Gasteiger partial charge in [-0.1, -0.05) is 0 Å². The van der Waals surface area contributed by atoms with E-state index in [9.17, 15) is 0 Å². The third kappa shape index (κ3) is 8.88. The van der Waals surface area contributed by atoms with Gasteiger partial charge in [0.25, 0.3) is 0 Å². The van der Waals surface area contributed by atoms with Crippen molar-refractivity contribution in [2.75, 3.05) is 0 Å². The molecule has 0 heterocycles. The van der Waals surface area contributed by atoms with Crippen molar-refractivity contribution in [2.45, 2.75) is 54.8 Å². The Morgan fingerprint density at radius 2 is 1.77 bits per heavy atom. The van der Waals surface area contributed by atoms with Crippen LogP contribution in [0.15, 0.2) is 0 Å². The van der Waals surface area contributed by atoms with Gasteiger partial charge in [-0.15, -0.1) is 0 Å². The van der Waals surface area contributed by atoms with Crippen molar-refractivity contribution in [1.29, 1.82) is 0 Å². The molecule has 0 radical (unpaired) electrons. The second-order valence-electron chi connectivity index (χ2n) is 5.02. The van der Waals surface area contributed by atoms with Crippen molar-refractivity contribution in [2.24, 2.45) is 0 Å². The summed E-state index contributed by atoms with van der Waals surface area (Å²) in [6.07, 6.45) is 2.40. The first-order valence-electron chi connectivity index (χ1n) is 4.82. The molecule has 0 rings (SSSR count). The summed E-state index contributed by atoms with van der Waals surface area (Å²) in [6.45, 7) is 11.7. The van der Waals surface area contributed by atoms with E-state index in [1.807, 2.05) is 0 Å². The summed E-state index contributed by atoms with van der Waals surface area (Å²) in [4.78, 5) is 2.39. The van der Waals surface area contributed by atoms with Crippen molar-refractivity contribution >= 4 is 29.0 Å². The molecule has 0 aromatic heterocycles. The Balaban J connectivity index is 3.85. The fourth-order valence-corrected chi connectivity index (χ4v) is 2.32. The molecule has 0 N–H and O–H groups in total. The van der Waals surface area contributed by atoms with E-state index in [4.69, 9.17) is 0 Å². The topological polar surface area (TPSA) is 0 Å². The summed E-state index contributed by atoms with van der Waals surface area (Å²) in [5.74, 6) is 3.35. The van der Waals surface area contributed by atoms with Gasteiger partial charge in [-0.05, 0) is 0 Å². The van der Waals surface area contributed by atoms with Crippen molar-refractivity contribution in [3.05, 3.63) is 0 Å². The SMILES string of the molecule is C[Te]C(C)(C)CCC#C[Si](C)(C)C. The predicted molar refractivity (Wildman–Crippen MR) is 66.0 cm³/mol. The Bertz CT molecular complexity index is 202. The van der Waals surface area contributed by atoms with Gasteiger partial charge in [0.15, 0.2) is 0 Å². The summed E-state index contributed by atoms with van der Waals surface area (Å²) in [5.41, 5.74) is 3.42. The van der Waals surface area contributed by atoms with Crippen LogP contribution in [0.2, 0.25) is 28.1 Å². The molecule has 0 aromatic carbocycles. The standard InChI is InChI=1S/C11H22SiTe/c1-11(2,13-6)9-7-8-10-12(3,4)5/h7,9H2,1-6H3. The van der Waals surface area contributed by atoms with Gasteiger partial charge in [0.2, 0.25) is 0 Å².